The number of aromatic hydroxyl groups is 2. The summed E-state index contributed by atoms with van der Waals surface area (Å²) in [5.74, 6) is -8.79. The summed E-state index contributed by atoms with van der Waals surface area (Å²) in [5, 5.41) is 70.4. The molecule has 8 N–H and O–H groups in total. The minimum absolute atomic E-state index is 0.0460. The van der Waals surface area contributed by atoms with Crippen molar-refractivity contribution in [2.75, 3.05) is 20.3 Å². The Labute approximate surface area is 366 Å². The Kier molecular flexibility index (Phi) is 14.2. The number of ether oxygens (including phenoxy) is 3. The van der Waals surface area contributed by atoms with Gasteiger partial charge in [0, 0.05) is 61.8 Å². The van der Waals surface area contributed by atoms with Crippen LogP contribution >= 0.6 is 0 Å². The van der Waals surface area contributed by atoms with Crippen molar-refractivity contribution in [3.63, 3.8) is 0 Å². The molecule has 6 rings (SSSR count). The number of carboxylic acids is 1. The number of likely N-dealkylation sites (tertiary alicyclic amines) is 1. The average molecular weight is 896 g/mol. The van der Waals surface area contributed by atoms with Crippen LogP contribution in [0.2, 0.25) is 0 Å². The van der Waals surface area contributed by atoms with Gasteiger partial charge in [-0.3, -0.25) is 38.4 Å². The standard InChI is InChI=1S/C44H53N3O17/c1-5-29(50)44(61)16-24-33(40(57)35-34(38(24)55)37(54)23-8-6-10-27(62-4)32(23)39(35)56)28(17-44)64-31-15-25(36(53)20(3)63-31)46-42(59)26-9-7-13-47(26)43(60)19(2)45-41(58)21(18-48)14-22(49)11-12-30(51)52/h6,8,10,19-21,25-26,28,31,36,48,53,55,57,61H,5,7,9,11-18H2,1-4H3,(H,45,58)(H,46,59)(H,51,52)/t19-,20+,21+,25+,26+,28+,31+,36-,44+/m1/s1. The van der Waals surface area contributed by atoms with E-state index in [1.807, 2.05) is 0 Å². The van der Waals surface area contributed by atoms with Crippen molar-refractivity contribution in [1.82, 2.24) is 15.5 Å². The number of nitrogens with zero attached hydrogens (tertiary/aromatic N) is 1. The summed E-state index contributed by atoms with van der Waals surface area (Å²) < 4.78 is 17.7. The molecule has 2 aliphatic heterocycles. The molecular weight excluding hydrogens is 842 g/mol. The first kappa shape index (κ1) is 47.7. The molecular formula is C44H53N3O17. The molecule has 64 heavy (non-hydrogen) atoms. The number of benzene rings is 2. The minimum Gasteiger partial charge on any atom is -0.507 e. The summed E-state index contributed by atoms with van der Waals surface area (Å²) >= 11 is 0. The maximum atomic E-state index is 14.0. The Morgan fingerprint density at radius 2 is 1.73 bits per heavy atom. The zero-order valence-electron chi connectivity index (χ0n) is 35.8. The SMILES string of the molecule is CCC(=O)[C@]1(O)Cc2c(O)c3c(c(O)c2[C@@H](O[C@H]2C[C@H](NC(=O)[C@@H]4CCCN4C(=O)[C@@H](C)NC(=O)[C@H](CO)CC(=O)CCC(=O)O)[C@H](O)[C@H](C)O2)C1)C(=O)c1c(OC)cccc1C3=O. The molecule has 4 aliphatic rings. The van der Waals surface area contributed by atoms with Gasteiger partial charge in [-0.2, -0.15) is 0 Å². The minimum atomic E-state index is -2.17. The average Bonchev–Trinajstić information content (AvgIpc) is 3.76. The topological polar surface area (TPSA) is 313 Å². The van der Waals surface area contributed by atoms with E-state index in [0.29, 0.717) is 6.42 Å². The lowest BCUT2D eigenvalue weighted by atomic mass is 9.71. The summed E-state index contributed by atoms with van der Waals surface area (Å²) in [6.07, 6.45) is -7.10. The third kappa shape index (κ3) is 9.10. The van der Waals surface area contributed by atoms with Gasteiger partial charge in [0.15, 0.2) is 17.9 Å². The number of fused-ring (bicyclic) bond motifs is 3. The largest absolute Gasteiger partial charge is 0.507 e. The number of methoxy groups -OCH3 is 1. The van der Waals surface area contributed by atoms with E-state index in [1.54, 1.807) is 0 Å². The van der Waals surface area contributed by atoms with Gasteiger partial charge in [0.05, 0.1) is 61.0 Å². The lowest BCUT2D eigenvalue weighted by molar-refractivity contribution is -0.249. The van der Waals surface area contributed by atoms with Crippen LogP contribution in [0.3, 0.4) is 0 Å². The molecule has 0 unspecified atom stereocenters. The Hall–Kier alpha value is -5.80. The third-order valence-electron chi connectivity index (χ3n) is 12.5. The quantitative estimate of drug-likeness (QED) is 0.0908. The van der Waals surface area contributed by atoms with E-state index in [9.17, 15) is 63.9 Å². The number of Topliss-reactive ketones (excluding diaryl/α,β-unsaturated/α-hetero) is 2. The fourth-order valence-corrected chi connectivity index (χ4v) is 9.13. The number of phenolic OH excluding ortho intramolecular Hbond substituents is 2. The number of aliphatic hydroxyl groups excluding tert-OH is 2. The van der Waals surface area contributed by atoms with Crippen LogP contribution in [0.15, 0.2) is 18.2 Å². The molecule has 2 fully saturated rings. The summed E-state index contributed by atoms with van der Waals surface area (Å²) in [5.41, 5.74) is -3.83. The fourth-order valence-electron chi connectivity index (χ4n) is 9.13. The number of hydrogen-bond donors (Lipinski definition) is 8. The lowest BCUT2D eigenvalue weighted by Crippen LogP contribution is -2.59. The summed E-state index contributed by atoms with van der Waals surface area (Å²) in [7, 11) is 1.30. The number of hydrogen-bond acceptors (Lipinski definition) is 16. The van der Waals surface area contributed by atoms with Crippen molar-refractivity contribution in [2.24, 2.45) is 5.92 Å². The number of rotatable bonds is 16. The van der Waals surface area contributed by atoms with Gasteiger partial charge in [-0.1, -0.05) is 19.1 Å². The molecule has 0 radical (unpaired) electrons. The molecule has 2 heterocycles. The summed E-state index contributed by atoms with van der Waals surface area (Å²) in [4.78, 5) is 106. The summed E-state index contributed by atoms with van der Waals surface area (Å²) in [6.45, 7) is 3.78. The molecule has 0 bridgehead atoms. The molecule has 0 aromatic heterocycles. The number of ketones is 4. The monoisotopic (exact) mass is 895 g/mol. The van der Waals surface area contributed by atoms with Crippen LogP contribution in [-0.4, -0.2) is 145 Å². The van der Waals surface area contributed by atoms with E-state index in [-0.39, 0.29) is 60.2 Å². The van der Waals surface area contributed by atoms with Gasteiger partial charge >= 0.3 is 5.97 Å². The Bertz CT molecular complexity index is 2260. The molecule has 20 nitrogen and oxygen atoms in total. The number of aliphatic hydroxyl groups is 3. The van der Waals surface area contributed by atoms with Crippen LogP contribution < -0.4 is 15.4 Å². The van der Waals surface area contributed by atoms with E-state index >= 15 is 0 Å². The van der Waals surface area contributed by atoms with Crippen molar-refractivity contribution < 1.29 is 83.2 Å². The number of phenols is 2. The van der Waals surface area contributed by atoms with Gasteiger partial charge in [-0.15, -0.1) is 0 Å². The van der Waals surface area contributed by atoms with Crippen LogP contribution in [0.25, 0.3) is 0 Å². The number of carboxylic acid groups (broad SMARTS) is 1. The van der Waals surface area contributed by atoms with Gasteiger partial charge in [-0.25, -0.2) is 0 Å². The molecule has 346 valence electrons. The van der Waals surface area contributed by atoms with Crippen molar-refractivity contribution >= 4 is 46.8 Å². The van der Waals surface area contributed by atoms with Crippen molar-refractivity contribution in [1.29, 1.82) is 0 Å². The van der Waals surface area contributed by atoms with Gasteiger partial charge in [0.2, 0.25) is 23.5 Å². The Morgan fingerprint density at radius 1 is 1.03 bits per heavy atom. The van der Waals surface area contributed by atoms with E-state index < -0.39 is 156 Å². The first-order chi connectivity index (χ1) is 30.3. The third-order valence-corrected chi connectivity index (χ3v) is 12.5. The number of nitrogens with one attached hydrogen (secondary N) is 2. The molecule has 2 aliphatic carbocycles. The van der Waals surface area contributed by atoms with E-state index in [1.165, 1.54) is 51.0 Å². The smallest absolute Gasteiger partial charge is 0.303 e. The normalized spacial score (nSPS) is 25.9. The van der Waals surface area contributed by atoms with Crippen LogP contribution in [-0.2, 0) is 44.7 Å². The van der Waals surface area contributed by atoms with Crippen molar-refractivity contribution in [3.05, 3.63) is 51.6 Å². The number of aliphatic carboxylic acids is 1. The first-order valence-electron chi connectivity index (χ1n) is 21.1. The highest BCUT2D eigenvalue weighted by atomic mass is 16.7. The zero-order valence-corrected chi connectivity index (χ0v) is 35.8. The highest BCUT2D eigenvalue weighted by Crippen LogP contribution is 2.52. The molecule has 20 heteroatoms. The van der Waals surface area contributed by atoms with E-state index in [2.05, 4.69) is 10.6 Å². The molecule has 2 aromatic carbocycles. The van der Waals surface area contributed by atoms with Crippen molar-refractivity contribution in [3.8, 4) is 17.2 Å². The maximum absolute atomic E-state index is 14.0. The molecule has 2 aromatic rings. The van der Waals surface area contributed by atoms with Crippen LogP contribution in [0, 0.1) is 5.92 Å². The second-order valence-electron chi connectivity index (χ2n) is 16.7. The second-order valence-corrected chi connectivity index (χ2v) is 16.7. The summed E-state index contributed by atoms with van der Waals surface area (Å²) in [6, 6.07) is 0.988. The predicted octanol–water partition coefficient (Wildman–Crippen LogP) is 0.505. The van der Waals surface area contributed by atoms with Gasteiger partial charge in [0.25, 0.3) is 0 Å². The zero-order chi connectivity index (χ0) is 46.9. The van der Waals surface area contributed by atoms with E-state index in [4.69, 9.17) is 19.3 Å². The second kappa shape index (κ2) is 19.1. The molecule has 9 atom stereocenters. The van der Waals surface area contributed by atoms with Crippen LogP contribution in [0.5, 0.6) is 17.2 Å². The lowest BCUT2D eigenvalue weighted by Gasteiger charge is -2.43. The van der Waals surface area contributed by atoms with Crippen molar-refractivity contribution in [2.45, 2.75) is 127 Å². The van der Waals surface area contributed by atoms with E-state index in [0.717, 1.165) is 0 Å². The van der Waals surface area contributed by atoms with Gasteiger partial charge < -0.3 is 60.4 Å². The number of amides is 3. The first-order valence-corrected chi connectivity index (χ1v) is 21.1. The Balaban J connectivity index is 1.21. The molecule has 0 spiro atoms. The molecule has 3 amide bonds. The molecule has 2 saturated heterocycles. The highest BCUT2D eigenvalue weighted by molar-refractivity contribution is 6.31. The maximum Gasteiger partial charge on any atom is 0.303 e. The fraction of sp³-hybridized carbons (Fsp3) is 0.545. The van der Waals surface area contributed by atoms with Gasteiger partial charge in [-0.05, 0) is 32.8 Å². The predicted molar refractivity (Wildman–Crippen MR) is 218 cm³/mol. The highest BCUT2D eigenvalue weighted by Gasteiger charge is 2.50. The Morgan fingerprint density at radius 3 is 2.39 bits per heavy atom. The van der Waals surface area contributed by atoms with Crippen LogP contribution in [0.4, 0.5) is 0 Å². The number of carbonyl (C=O) groups excluding carboxylic acids is 7. The molecule has 0 saturated carbocycles. The van der Waals surface area contributed by atoms with Gasteiger partial charge in [0.1, 0.15) is 46.8 Å². The number of carbonyl (C=O) groups is 8. The van der Waals surface area contributed by atoms with Crippen LogP contribution in [0.1, 0.15) is 121 Å².